The van der Waals surface area contributed by atoms with Crippen LogP contribution in [-0.2, 0) is 6.54 Å². The molecule has 6 heteroatoms. The fraction of sp³-hybridized carbons (Fsp3) is 0.333. The molecule has 112 valence electrons. The zero-order chi connectivity index (χ0) is 15.4. The van der Waals surface area contributed by atoms with Crippen molar-refractivity contribution in [1.82, 2.24) is 15.1 Å². The quantitative estimate of drug-likeness (QED) is 0.852. The molecule has 2 rings (SSSR count). The molecule has 0 aliphatic heterocycles. The van der Waals surface area contributed by atoms with Gasteiger partial charge in [-0.3, -0.25) is 4.68 Å². The number of aryl methyl sites for hydroxylation is 1. The minimum absolute atomic E-state index is 0.231. The van der Waals surface area contributed by atoms with E-state index in [9.17, 15) is 4.39 Å². The number of halogens is 1. The molecule has 0 saturated heterocycles. The predicted octanol–water partition coefficient (Wildman–Crippen LogP) is 2.99. The molecule has 0 amide bonds. The van der Waals surface area contributed by atoms with Crippen LogP contribution < -0.4 is 10.6 Å². The Balaban J connectivity index is 2.18. The van der Waals surface area contributed by atoms with Gasteiger partial charge in [-0.15, -0.1) is 0 Å². The van der Waals surface area contributed by atoms with Gasteiger partial charge in [0.25, 0.3) is 0 Å². The predicted molar refractivity (Wildman–Crippen MR) is 87.1 cm³/mol. The van der Waals surface area contributed by atoms with E-state index in [1.54, 1.807) is 12.1 Å². The second-order valence-electron chi connectivity index (χ2n) is 4.81. The van der Waals surface area contributed by atoms with Crippen molar-refractivity contribution < 1.29 is 4.39 Å². The highest BCUT2D eigenvalue weighted by atomic mass is 32.1. The first-order valence-electron chi connectivity index (χ1n) is 6.84. The minimum atomic E-state index is -0.231. The summed E-state index contributed by atoms with van der Waals surface area (Å²) in [6, 6.07) is 6.45. The Bertz CT molecular complexity index is 634. The number of hydrogen-bond acceptors (Lipinski definition) is 2. The van der Waals surface area contributed by atoms with E-state index in [2.05, 4.69) is 15.7 Å². The molecule has 1 heterocycles. The summed E-state index contributed by atoms with van der Waals surface area (Å²) in [4.78, 5) is 0. The van der Waals surface area contributed by atoms with Gasteiger partial charge in [0.1, 0.15) is 5.82 Å². The summed E-state index contributed by atoms with van der Waals surface area (Å²) in [7, 11) is 0. The maximum absolute atomic E-state index is 12.9. The van der Waals surface area contributed by atoms with Crippen molar-refractivity contribution in [1.29, 1.82) is 0 Å². The van der Waals surface area contributed by atoms with Crippen LogP contribution in [0, 0.1) is 19.7 Å². The van der Waals surface area contributed by atoms with Crippen LogP contribution in [0.15, 0.2) is 24.3 Å². The van der Waals surface area contributed by atoms with Crippen LogP contribution in [0.1, 0.15) is 23.9 Å². The van der Waals surface area contributed by atoms with Crippen LogP contribution in [-0.4, -0.2) is 21.4 Å². The van der Waals surface area contributed by atoms with Gasteiger partial charge in [-0.05, 0) is 50.7 Å². The second-order valence-corrected chi connectivity index (χ2v) is 5.22. The number of hydrogen-bond donors (Lipinski definition) is 2. The van der Waals surface area contributed by atoms with E-state index < -0.39 is 0 Å². The summed E-state index contributed by atoms with van der Waals surface area (Å²) in [6.45, 7) is 7.29. The fourth-order valence-electron chi connectivity index (χ4n) is 2.11. The zero-order valence-electron chi connectivity index (χ0n) is 12.4. The van der Waals surface area contributed by atoms with Gasteiger partial charge in [0, 0.05) is 6.54 Å². The molecule has 0 atom stereocenters. The molecule has 21 heavy (non-hydrogen) atoms. The van der Waals surface area contributed by atoms with Crippen LogP contribution in [0.2, 0.25) is 0 Å². The van der Waals surface area contributed by atoms with Crippen molar-refractivity contribution in [3.8, 4) is 0 Å². The molecule has 1 aromatic carbocycles. The van der Waals surface area contributed by atoms with Gasteiger partial charge < -0.3 is 10.6 Å². The molecule has 0 bridgehead atoms. The molecule has 0 unspecified atom stereocenters. The molecule has 4 nitrogen and oxygen atoms in total. The van der Waals surface area contributed by atoms with Crippen molar-refractivity contribution in [3.63, 3.8) is 0 Å². The lowest BCUT2D eigenvalue weighted by Gasteiger charge is -2.09. The van der Waals surface area contributed by atoms with Crippen molar-refractivity contribution in [2.45, 2.75) is 27.3 Å². The van der Waals surface area contributed by atoms with Crippen molar-refractivity contribution in [2.24, 2.45) is 0 Å². The summed E-state index contributed by atoms with van der Waals surface area (Å²) in [6.07, 6.45) is 0. The van der Waals surface area contributed by atoms with Gasteiger partial charge in [-0.1, -0.05) is 12.1 Å². The maximum atomic E-state index is 12.9. The highest BCUT2D eigenvalue weighted by Gasteiger charge is 2.12. The Hall–Kier alpha value is -1.95. The number of aromatic nitrogens is 2. The summed E-state index contributed by atoms with van der Waals surface area (Å²) in [5, 5.41) is 11.3. The number of anilines is 1. The third-order valence-electron chi connectivity index (χ3n) is 3.20. The van der Waals surface area contributed by atoms with Crippen LogP contribution in [0.5, 0.6) is 0 Å². The Morgan fingerprint density at radius 3 is 2.57 bits per heavy atom. The van der Waals surface area contributed by atoms with E-state index in [1.165, 1.54) is 12.1 Å². The number of nitrogens with zero attached hydrogens (tertiary/aromatic N) is 2. The van der Waals surface area contributed by atoms with E-state index in [1.807, 2.05) is 25.5 Å². The SMILES string of the molecule is CCNC(=S)Nc1c(C)nn(Cc2ccc(F)cc2)c1C. The average Bonchev–Trinajstić information content (AvgIpc) is 2.69. The lowest BCUT2D eigenvalue weighted by molar-refractivity contribution is 0.622. The van der Waals surface area contributed by atoms with Gasteiger partial charge in [-0.25, -0.2) is 4.39 Å². The maximum Gasteiger partial charge on any atom is 0.170 e. The average molecular weight is 306 g/mol. The van der Waals surface area contributed by atoms with Gasteiger partial charge in [0.15, 0.2) is 5.11 Å². The lowest BCUT2D eigenvalue weighted by Crippen LogP contribution is -2.28. The van der Waals surface area contributed by atoms with E-state index in [-0.39, 0.29) is 5.82 Å². The summed E-state index contributed by atoms with van der Waals surface area (Å²) >= 11 is 5.21. The van der Waals surface area contributed by atoms with Gasteiger partial charge in [0.2, 0.25) is 0 Å². The third kappa shape index (κ3) is 3.78. The largest absolute Gasteiger partial charge is 0.363 e. The number of thiocarbonyl (C=S) groups is 1. The summed E-state index contributed by atoms with van der Waals surface area (Å²) < 4.78 is 14.8. The van der Waals surface area contributed by atoms with E-state index in [0.29, 0.717) is 11.7 Å². The molecular weight excluding hydrogens is 287 g/mol. The smallest absolute Gasteiger partial charge is 0.170 e. The number of benzene rings is 1. The Morgan fingerprint density at radius 1 is 1.29 bits per heavy atom. The molecule has 0 fully saturated rings. The standard InChI is InChI=1S/C15H19FN4S/c1-4-17-15(21)18-14-10(2)19-20(11(14)3)9-12-5-7-13(16)8-6-12/h5-8H,4,9H2,1-3H3,(H2,17,18,21). The molecule has 0 aliphatic carbocycles. The van der Waals surface area contributed by atoms with Gasteiger partial charge >= 0.3 is 0 Å². The molecule has 2 N–H and O–H groups in total. The normalized spacial score (nSPS) is 10.5. The van der Waals surface area contributed by atoms with E-state index >= 15 is 0 Å². The van der Waals surface area contributed by atoms with Crippen molar-refractivity contribution in [2.75, 3.05) is 11.9 Å². The molecule has 0 spiro atoms. The van der Waals surface area contributed by atoms with Crippen LogP contribution in [0.25, 0.3) is 0 Å². The third-order valence-corrected chi connectivity index (χ3v) is 3.45. The topological polar surface area (TPSA) is 41.9 Å². The number of rotatable bonds is 4. The van der Waals surface area contributed by atoms with Crippen LogP contribution >= 0.6 is 12.2 Å². The van der Waals surface area contributed by atoms with Gasteiger partial charge in [-0.2, -0.15) is 5.10 Å². The highest BCUT2D eigenvalue weighted by Crippen LogP contribution is 2.20. The Kier molecular flexibility index (Phi) is 4.90. The number of nitrogens with one attached hydrogen (secondary N) is 2. The van der Waals surface area contributed by atoms with Gasteiger partial charge in [0.05, 0.1) is 23.6 Å². The zero-order valence-corrected chi connectivity index (χ0v) is 13.2. The van der Waals surface area contributed by atoms with Crippen LogP contribution in [0.3, 0.4) is 0 Å². The first-order chi connectivity index (χ1) is 10.0. The Labute approximate surface area is 129 Å². The minimum Gasteiger partial charge on any atom is -0.363 e. The molecule has 0 aliphatic rings. The fourth-order valence-corrected chi connectivity index (χ4v) is 2.36. The first kappa shape index (κ1) is 15.4. The summed E-state index contributed by atoms with van der Waals surface area (Å²) in [5.41, 5.74) is 3.80. The molecule has 2 aromatic rings. The van der Waals surface area contributed by atoms with Crippen molar-refractivity contribution >= 4 is 23.0 Å². The lowest BCUT2D eigenvalue weighted by atomic mass is 10.2. The first-order valence-corrected chi connectivity index (χ1v) is 7.25. The van der Waals surface area contributed by atoms with E-state index in [4.69, 9.17) is 12.2 Å². The monoisotopic (exact) mass is 306 g/mol. The summed E-state index contributed by atoms with van der Waals surface area (Å²) in [5.74, 6) is -0.231. The second kappa shape index (κ2) is 6.67. The molecular formula is C15H19FN4S. The highest BCUT2D eigenvalue weighted by molar-refractivity contribution is 7.80. The van der Waals surface area contributed by atoms with Crippen LogP contribution in [0.4, 0.5) is 10.1 Å². The molecule has 1 aromatic heterocycles. The molecule has 0 radical (unpaired) electrons. The molecule has 0 saturated carbocycles. The Morgan fingerprint density at radius 2 is 1.95 bits per heavy atom. The van der Waals surface area contributed by atoms with E-state index in [0.717, 1.165) is 29.2 Å². The van der Waals surface area contributed by atoms with Crippen molar-refractivity contribution in [3.05, 3.63) is 47.0 Å².